The van der Waals surface area contributed by atoms with Crippen LogP contribution in [0.3, 0.4) is 0 Å². The predicted octanol–water partition coefficient (Wildman–Crippen LogP) is 4.21. The highest BCUT2D eigenvalue weighted by molar-refractivity contribution is 5.66. The number of rotatable bonds is 4. The number of halogens is 1. The van der Waals surface area contributed by atoms with Gasteiger partial charge in [-0.15, -0.1) is 0 Å². The van der Waals surface area contributed by atoms with Gasteiger partial charge in [0, 0.05) is 24.0 Å². The van der Waals surface area contributed by atoms with Crippen LogP contribution in [0.5, 0.6) is 0 Å². The maximum atomic E-state index is 13.3. The highest BCUT2D eigenvalue weighted by Gasteiger charge is 2.14. The van der Waals surface area contributed by atoms with Crippen LogP contribution in [0.2, 0.25) is 0 Å². The number of aliphatic hydroxyl groups is 1. The number of anilines is 2. The van der Waals surface area contributed by atoms with Gasteiger partial charge in [0.15, 0.2) is 0 Å². The van der Waals surface area contributed by atoms with Crippen molar-refractivity contribution in [1.29, 1.82) is 0 Å². The molecule has 0 saturated carbocycles. The molecule has 0 aliphatic carbocycles. The van der Waals surface area contributed by atoms with Gasteiger partial charge in [-0.25, -0.2) is 4.39 Å². The smallest absolute Gasteiger partial charge is 0.123 e. The maximum absolute atomic E-state index is 13.3. The Balaban J connectivity index is 2.39. The van der Waals surface area contributed by atoms with E-state index in [-0.39, 0.29) is 5.82 Å². The summed E-state index contributed by atoms with van der Waals surface area (Å²) in [4.78, 5) is 1.96. The van der Waals surface area contributed by atoms with Crippen molar-refractivity contribution in [2.24, 2.45) is 0 Å². The molecule has 2 aromatic rings. The molecule has 1 N–H and O–H groups in total. The van der Waals surface area contributed by atoms with Gasteiger partial charge in [0.05, 0.1) is 6.10 Å². The third kappa shape index (κ3) is 2.99. The first-order valence-corrected chi connectivity index (χ1v) is 6.83. The number of benzene rings is 2. The van der Waals surface area contributed by atoms with E-state index in [1.165, 1.54) is 17.7 Å². The zero-order chi connectivity index (χ0) is 14.7. The summed E-state index contributed by atoms with van der Waals surface area (Å²) in [5, 5.41) is 9.81. The summed E-state index contributed by atoms with van der Waals surface area (Å²) in [7, 11) is 1.92. The second kappa shape index (κ2) is 6.06. The van der Waals surface area contributed by atoms with E-state index in [1.54, 1.807) is 13.0 Å². The molecule has 20 heavy (non-hydrogen) atoms. The van der Waals surface area contributed by atoms with E-state index in [2.05, 4.69) is 19.1 Å². The minimum atomic E-state index is -0.710. The molecule has 0 aliphatic heterocycles. The number of aryl methyl sites for hydroxylation is 1. The lowest BCUT2D eigenvalue weighted by Crippen LogP contribution is -2.13. The van der Waals surface area contributed by atoms with Crippen LogP contribution in [0.1, 0.15) is 31.1 Å². The fraction of sp³-hybridized carbons (Fsp3) is 0.294. The monoisotopic (exact) mass is 273 g/mol. The minimum absolute atomic E-state index is 0.334. The summed E-state index contributed by atoms with van der Waals surface area (Å²) < 4.78 is 13.3. The SMILES string of the molecule is CCc1ccc(N(C)c2ccc(F)cc2[C@H](C)O)cc1. The summed E-state index contributed by atoms with van der Waals surface area (Å²) in [5.74, 6) is -0.334. The fourth-order valence-electron chi connectivity index (χ4n) is 2.26. The molecule has 3 heteroatoms. The van der Waals surface area contributed by atoms with Gasteiger partial charge in [0.25, 0.3) is 0 Å². The van der Waals surface area contributed by atoms with Gasteiger partial charge in [-0.2, -0.15) is 0 Å². The normalized spacial score (nSPS) is 12.2. The van der Waals surface area contributed by atoms with Crippen LogP contribution < -0.4 is 4.90 Å². The average molecular weight is 273 g/mol. The molecule has 2 aromatic carbocycles. The van der Waals surface area contributed by atoms with Crippen LogP contribution in [-0.4, -0.2) is 12.2 Å². The van der Waals surface area contributed by atoms with Gasteiger partial charge in [-0.3, -0.25) is 0 Å². The first-order valence-electron chi connectivity index (χ1n) is 6.83. The molecule has 0 unspecified atom stereocenters. The van der Waals surface area contributed by atoms with Crippen LogP contribution >= 0.6 is 0 Å². The van der Waals surface area contributed by atoms with Crippen molar-refractivity contribution < 1.29 is 9.50 Å². The largest absolute Gasteiger partial charge is 0.389 e. The molecular weight excluding hydrogens is 253 g/mol. The molecule has 0 bridgehead atoms. The Morgan fingerprint density at radius 2 is 1.80 bits per heavy atom. The summed E-state index contributed by atoms with van der Waals surface area (Å²) in [6, 6.07) is 12.7. The molecule has 0 aromatic heterocycles. The van der Waals surface area contributed by atoms with Gasteiger partial charge in [-0.1, -0.05) is 19.1 Å². The Bertz CT molecular complexity index is 578. The van der Waals surface area contributed by atoms with Crippen LogP contribution in [0, 0.1) is 5.82 Å². The molecule has 0 heterocycles. The van der Waals surface area contributed by atoms with Gasteiger partial charge in [0.1, 0.15) is 5.82 Å². The van der Waals surface area contributed by atoms with Gasteiger partial charge in [0.2, 0.25) is 0 Å². The van der Waals surface area contributed by atoms with Crippen molar-refractivity contribution in [2.45, 2.75) is 26.4 Å². The summed E-state index contributed by atoms with van der Waals surface area (Å²) in [5.41, 5.74) is 3.69. The van der Waals surface area contributed by atoms with Crippen LogP contribution in [0.4, 0.5) is 15.8 Å². The third-order valence-electron chi connectivity index (χ3n) is 3.53. The second-order valence-electron chi connectivity index (χ2n) is 4.96. The molecule has 0 spiro atoms. The molecule has 0 saturated heterocycles. The molecule has 0 amide bonds. The predicted molar refractivity (Wildman–Crippen MR) is 80.9 cm³/mol. The standard InChI is InChI=1S/C17H20FNO/c1-4-13-5-8-15(9-6-13)19(3)17-10-7-14(18)11-16(17)12(2)20/h5-12,20H,4H2,1-3H3/t12-/m0/s1. The number of aliphatic hydroxyl groups excluding tert-OH is 1. The number of hydrogen-bond acceptors (Lipinski definition) is 2. The zero-order valence-electron chi connectivity index (χ0n) is 12.1. The van der Waals surface area contributed by atoms with E-state index in [1.807, 2.05) is 24.1 Å². The van der Waals surface area contributed by atoms with E-state index in [0.717, 1.165) is 17.8 Å². The lowest BCUT2D eigenvalue weighted by Gasteiger charge is -2.24. The second-order valence-corrected chi connectivity index (χ2v) is 4.96. The quantitative estimate of drug-likeness (QED) is 0.902. The molecular formula is C17H20FNO. The molecule has 0 aliphatic rings. The van der Waals surface area contributed by atoms with Gasteiger partial charge < -0.3 is 10.0 Å². The van der Waals surface area contributed by atoms with E-state index in [9.17, 15) is 9.50 Å². The molecule has 1 atom stereocenters. The van der Waals surface area contributed by atoms with Crippen molar-refractivity contribution in [3.63, 3.8) is 0 Å². The molecule has 106 valence electrons. The highest BCUT2D eigenvalue weighted by atomic mass is 19.1. The number of hydrogen-bond donors (Lipinski definition) is 1. The molecule has 0 fully saturated rings. The summed E-state index contributed by atoms with van der Waals surface area (Å²) >= 11 is 0. The molecule has 0 radical (unpaired) electrons. The highest BCUT2D eigenvalue weighted by Crippen LogP contribution is 2.31. The minimum Gasteiger partial charge on any atom is -0.389 e. The van der Waals surface area contributed by atoms with E-state index < -0.39 is 6.10 Å². The van der Waals surface area contributed by atoms with Crippen LogP contribution in [0.25, 0.3) is 0 Å². The molecule has 2 nitrogen and oxygen atoms in total. The summed E-state index contributed by atoms with van der Waals surface area (Å²) in [6.45, 7) is 3.76. The Morgan fingerprint density at radius 1 is 1.15 bits per heavy atom. The molecule has 2 rings (SSSR count). The lowest BCUT2D eigenvalue weighted by atomic mass is 10.1. The summed E-state index contributed by atoms with van der Waals surface area (Å²) in [6.07, 6.45) is 0.289. The van der Waals surface area contributed by atoms with Crippen LogP contribution in [0.15, 0.2) is 42.5 Å². The Morgan fingerprint density at radius 3 is 2.35 bits per heavy atom. The Hall–Kier alpha value is -1.87. The van der Waals surface area contributed by atoms with Crippen molar-refractivity contribution in [3.8, 4) is 0 Å². The maximum Gasteiger partial charge on any atom is 0.123 e. The van der Waals surface area contributed by atoms with Crippen LogP contribution in [-0.2, 0) is 6.42 Å². The van der Waals surface area contributed by atoms with E-state index in [4.69, 9.17) is 0 Å². The van der Waals surface area contributed by atoms with Gasteiger partial charge >= 0.3 is 0 Å². The lowest BCUT2D eigenvalue weighted by molar-refractivity contribution is 0.199. The van der Waals surface area contributed by atoms with Crippen molar-refractivity contribution >= 4 is 11.4 Å². The van der Waals surface area contributed by atoms with E-state index >= 15 is 0 Å². The van der Waals surface area contributed by atoms with Crippen molar-refractivity contribution in [1.82, 2.24) is 0 Å². The van der Waals surface area contributed by atoms with Gasteiger partial charge in [-0.05, 0) is 49.2 Å². The first kappa shape index (κ1) is 14.5. The Labute approximate surface area is 119 Å². The van der Waals surface area contributed by atoms with E-state index in [0.29, 0.717) is 5.56 Å². The Kier molecular flexibility index (Phi) is 4.40. The first-order chi connectivity index (χ1) is 9.52. The average Bonchev–Trinajstić information content (AvgIpc) is 2.46. The third-order valence-corrected chi connectivity index (χ3v) is 3.53. The number of nitrogens with zero attached hydrogens (tertiary/aromatic N) is 1. The zero-order valence-corrected chi connectivity index (χ0v) is 12.1. The fourth-order valence-corrected chi connectivity index (χ4v) is 2.26. The van der Waals surface area contributed by atoms with Crippen molar-refractivity contribution in [3.05, 3.63) is 59.4 Å². The van der Waals surface area contributed by atoms with Crippen molar-refractivity contribution in [2.75, 3.05) is 11.9 Å². The topological polar surface area (TPSA) is 23.5 Å².